The predicted molar refractivity (Wildman–Crippen MR) is 95.1 cm³/mol. The Hall–Kier alpha value is -2.03. The van der Waals surface area contributed by atoms with Gasteiger partial charge in [0.05, 0.1) is 6.61 Å². The number of hydrogen-bond acceptors (Lipinski definition) is 6. The highest BCUT2D eigenvalue weighted by Gasteiger charge is 2.24. The summed E-state index contributed by atoms with van der Waals surface area (Å²) < 4.78 is 10.8. The Labute approximate surface area is 145 Å². The molecule has 2 aliphatic rings. The van der Waals surface area contributed by atoms with Crippen LogP contribution in [0.5, 0.6) is 11.5 Å². The lowest BCUT2D eigenvalue weighted by Crippen LogP contribution is -2.44. The number of ether oxygens (including phenoxy) is 2. The molecule has 0 amide bonds. The first-order chi connectivity index (χ1) is 11.6. The molecule has 0 saturated heterocycles. The molecule has 0 aliphatic carbocycles. The van der Waals surface area contributed by atoms with Crippen LogP contribution in [0, 0.1) is 0 Å². The number of nitrogens with zero attached hydrogens (tertiary/aromatic N) is 1. The quantitative estimate of drug-likeness (QED) is 0.578. The van der Waals surface area contributed by atoms with Crippen LogP contribution in [0.15, 0.2) is 17.7 Å². The van der Waals surface area contributed by atoms with E-state index in [1.807, 2.05) is 30.0 Å². The molecule has 4 N–H and O–H groups in total. The van der Waals surface area contributed by atoms with Gasteiger partial charge in [-0.15, -0.1) is 0 Å². The maximum atomic E-state index is 10.4. The summed E-state index contributed by atoms with van der Waals surface area (Å²) in [7, 11) is 0. The van der Waals surface area contributed by atoms with Crippen LogP contribution < -0.4 is 20.1 Å². The van der Waals surface area contributed by atoms with Gasteiger partial charge in [0.25, 0.3) is 0 Å². The number of thiocarbonyl (C=S) groups is 1. The fraction of sp³-hybridized carbons (Fsp3) is 0.438. The lowest BCUT2D eigenvalue weighted by atomic mass is 10.0. The molecule has 0 saturated carbocycles. The third-order valence-corrected chi connectivity index (χ3v) is 4.29. The first kappa shape index (κ1) is 16.8. The van der Waals surface area contributed by atoms with E-state index in [2.05, 4.69) is 10.6 Å². The molecule has 1 aromatic carbocycles. The number of aliphatic hydroxyl groups is 2. The molecule has 0 aromatic heterocycles. The molecule has 1 aromatic rings. The van der Waals surface area contributed by atoms with Crippen molar-refractivity contribution in [2.24, 2.45) is 0 Å². The van der Waals surface area contributed by atoms with Gasteiger partial charge in [-0.05, 0) is 36.9 Å². The van der Waals surface area contributed by atoms with Crippen molar-refractivity contribution in [2.45, 2.75) is 13.2 Å². The van der Waals surface area contributed by atoms with Crippen LogP contribution in [0.1, 0.15) is 12.5 Å². The van der Waals surface area contributed by atoms with Crippen molar-refractivity contribution >= 4 is 29.1 Å². The second kappa shape index (κ2) is 7.25. The smallest absolute Gasteiger partial charge is 0.231 e. The Kier molecular flexibility index (Phi) is 5.08. The molecule has 2 heterocycles. The number of benzene rings is 1. The zero-order chi connectivity index (χ0) is 17.1. The predicted octanol–water partition coefficient (Wildman–Crippen LogP) is 0.731. The molecule has 24 heavy (non-hydrogen) atoms. The van der Waals surface area contributed by atoms with Gasteiger partial charge in [0.1, 0.15) is 6.23 Å². The SMILES string of the molecule is CCNC(=S)N(CCO)CC1=Cc2cc3c(cc2NC1O)OCO3. The second-order valence-corrected chi connectivity index (χ2v) is 5.93. The Morgan fingerprint density at radius 2 is 2.17 bits per heavy atom. The van der Waals surface area contributed by atoms with Crippen molar-refractivity contribution < 1.29 is 19.7 Å². The Balaban J connectivity index is 1.83. The minimum absolute atomic E-state index is 0.0163. The monoisotopic (exact) mass is 351 g/mol. The summed E-state index contributed by atoms with van der Waals surface area (Å²) in [4.78, 5) is 1.83. The number of rotatable bonds is 5. The van der Waals surface area contributed by atoms with Crippen molar-refractivity contribution in [3.63, 3.8) is 0 Å². The van der Waals surface area contributed by atoms with E-state index in [4.69, 9.17) is 21.7 Å². The van der Waals surface area contributed by atoms with Crippen molar-refractivity contribution in [3.8, 4) is 11.5 Å². The summed E-state index contributed by atoms with van der Waals surface area (Å²) in [5, 5.41) is 26.3. The van der Waals surface area contributed by atoms with Crippen LogP contribution in [-0.4, -0.2) is 59.5 Å². The standard InChI is InChI=1S/C16H21N3O4S/c1-2-17-16(24)19(3-4-20)8-11-5-10-6-13-14(23-9-22-13)7-12(10)18-15(11)21/h5-7,15,18,20-21H,2-4,8-9H2,1H3,(H,17,24). The van der Waals surface area contributed by atoms with Crippen LogP contribution in [0.4, 0.5) is 5.69 Å². The van der Waals surface area contributed by atoms with E-state index in [9.17, 15) is 10.2 Å². The Morgan fingerprint density at radius 3 is 2.88 bits per heavy atom. The number of nitrogens with one attached hydrogen (secondary N) is 2. The van der Waals surface area contributed by atoms with Crippen LogP contribution >= 0.6 is 12.2 Å². The maximum absolute atomic E-state index is 10.4. The van der Waals surface area contributed by atoms with Gasteiger partial charge in [0.2, 0.25) is 6.79 Å². The van der Waals surface area contributed by atoms with Crippen molar-refractivity contribution in [1.82, 2.24) is 10.2 Å². The van der Waals surface area contributed by atoms with Gasteiger partial charge < -0.3 is 35.2 Å². The first-order valence-corrected chi connectivity index (χ1v) is 8.25. The van der Waals surface area contributed by atoms with Crippen LogP contribution in [-0.2, 0) is 0 Å². The molecule has 130 valence electrons. The second-order valence-electron chi connectivity index (χ2n) is 5.54. The van der Waals surface area contributed by atoms with Gasteiger partial charge in [-0.1, -0.05) is 0 Å². The summed E-state index contributed by atoms with van der Waals surface area (Å²) in [5.41, 5.74) is 2.46. The lowest BCUT2D eigenvalue weighted by molar-refractivity contribution is 0.174. The van der Waals surface area contributed by atoms with Crippen molar-refractivity contribution in [2.75, 3.05) is 38.4 Å². The van der Waals surface area contributed by atoms with Gasteiger partial charge in [0.15, 0.2) is 16.6 Å². The average molecular weight is 351 g/mol. The molecular weight excluding hydrogens is 330 g/mol. The largest absolute Gasteiger partial charge is 0.454 e. The van der Waals surface area contributed by atoms with Gasteiger partial charge >= 0.3 is 0 Å². The van der Waals surface area contributed by atoms with Gasteiger partial charge in [-0.25, -0.2) is 0 Å². The molecule has 8 heteroatoms. The minimum Gasteiger partial charge on any atom is -0.454 e. The summed E-state index contributed by atoms with van der Waals surface area (Å²) in [5.74, 6) is 1.36. The normalized spacial score (nSPS) is 17.6. The lowest BCUT2D eigenvalue weighted by Gasteiger charge is -2.30. The fourth-order valence-electron chi connectivity index (χ4n) is 2.71. The van der Waals surface area contributed by atoms with E-state index in [-0.39, 0.29) is 13.4 Å². The van der Waals surface area contributed by atoms with E-state index in [0.29, 0.717) is 36.2 Å². The van der Waals surface area contributed by atoms with E-state index in [1.165, 1.54) is 0 Å². The van der Waals surface area contributed by atoms with Crippen LogP contribution in [0.3, 0.4) is 0 Å². The zero-order valence-electron chi connectivity index (χ0n) is 13.4. The van der Waals surface area contributed by atoms with Crippen LogP contribution in [0.25, 0.3) is 6.08 Å². The highest BCUT2D eigenvalue weighted by molar-refractivity contribution is 7.80. The zero-order valence-corrected chi connectivity index (χ0v) is 14.2. The topological polar surface area (TPSA) is 86.2 Å². The van der Waals surface area contributed by atoms with Crippen LogP contribution in [0.2, 0.25) is 0 Å². The molecule has 7 nitrogen and oxygen atoms in total. The Bertz CT molecular complexity index is 665. The third-order valence-electron chi connectivity index (χ3n) is 3.89. The molecular formula is C16H21N3O4S. The van der Waals surface area contributed by atoms with Gasteiger partial charge in [0, 0.05) is 37.0 Å². The molecule has 0 fully saturated rings. The summed E-state index contributed by atoms with van der Waals surface area (Å²) in [6.45, 7) is 3.65. The van der Waals surface area contributed by atoms with E-state index in [1.54, 1.807) is 0 Å². The molecule has 0 bridgehead atoms. The Morgan fingerprint density at radius 1 is 1.42 bits per heavy atom. The minimum atomic E-state index is -0.830. The average Bonchev–Trinajstić information content (AvgIpc) is 3.00. The molecule has 3 rings (SSSR count). The van der Waals surface area contributed by atoms with E-state index in [0.717, 1.165) is 16.8 Å². The summed E-state index contributed by atoms with van der Waals surface area (Å²) in [6, 6.07) is 3.71. The molecule has 1 atom stereocenters. The van der Waals surface area contributed by atoms with E-state index >= 15 is 0 Å². The highest BCUT2D eigenvalue weighted by Crippen LogP contribution is 2.39. The molecule has 1 unspecified atom stereocenters. The summed E-state index contributed by atoms with van der Waals surface area (Å²) in [6.07, 6.45) is 1.08. The number of anilines is 1. The highest BCUT2D eigenvalue weighted by atomic mass is 32.1. The number of fused-ring (bicyclic) bond motifs is 2. The van der Waals surface area contributed by atoms with Crippen molar-refractivity contribution in [3.05, 3.63) is 23.3 Å². The number of aliphatic hydroxyl groups excluding tert-OH is 2. The summed E-state index contributed by atoms with van der Waals surface area (Å²) >= 11 is 5.33. The molecule has 0 spiro atoms. The van der Waals surface area contributed by atoms with E-state index < -0.39 is 6.23 Å². The first-order valence-electron chi connectivity index (χ1n) is 7.84. The van der Waals surface area contributed by atoms with Gasteiger partial charge in [-0.2, -0.15) is 0 Å². The molecule has 0 radical (unpaired) electrons. The fourth-order valence-corrected chi connectivity index (χ4v) is 3.01. The van der Waals surface area contributed by atoms with Gasteiger partial charge in [-0.3, -0.25) is 0 Å². The maximum Gasteiger partial charge on any atom is 0.231 e. The van der Waals surface area contributed by atoms with Crippen molar-refractivity contribution in [1.29, 1.82) is 0 Å². The molecule has 2 aliphatic heterocycles. The number of hydrogen-bond donors (Lipinski definition) is 4. The third kappa shape index (κ3) is 3.40.